The van der Waals surface area contributed by atoms with Crippen molar-refractivity contribution in [2.45, 2.75) is 18.9 Å². The fraction of sp³-hybridized carbons (Fsp3) is 0.400. The van der Waals surface area contributed by atoms with Crippen molar-refractivity contribution < 1.29 is 8.78 Å². The lowest BCUT2D eigenvalue weighted by molar-refractivity contribution is 0.450. The standard InChI is InChI=1S/C10H12BrClF2N2/c11-6-3-4-7(13)9(10(6)14)8(16-15)2-1-5-12/h3-4,8,16H,1-2,5,15H2. The molecule has 3 N–H and O–H groups in total. The van der Waals surface area contributed by atoms with Crippen molar-refractivity contribution in [1.82, 2.24) is 5.43 Å². The van der Waals surface area contributed by atoms with E-state index in [1.807, 2.05) is 0 Å². The minimum absolute atomic E-state index is 0.0537. The van der Waals surface area contributed by atoms with E-state index in [9.17, 15) is 8.78 Å². The Morgan fingerprint density at radius 1 is 1.44 bits per heavy atom. The third kappa shape index (κ3) is 3.13. The second-order valence-electron chi connectivity index (χ2n) is 3.31. The number of nitrogens with two attached hydrogens (primary N) is 1. The van der Waals surface area contributed by atoms with Gasteiger partial charge in [-0.2, -0.15) is 0 Å². The SMILES string of the molecule is NNC(CCCCl)c1c(F)ccc(Br)c1F. The third-order valence-corrected chi connectivity index (χ3v) is 3.14. The molecule has 0 bridgehead atoms. The maximum Gasteiger partial charge on any atom is 0.145 e. The monoisotopic (exact) mass is 312 g/mol. The van der Waals surface area contributed by atoms with Crippen LogP contribution in [0.2, 0.25) is 0 Å². The van der Waals surface area contributed by atoms with Crippen LogP contribution in [0, 0.1) is 11.6 Å². The highest BCUT2D eigenvalue weighted by Gasteiger charge is 2.20. The van der Waals surface area contributed by atoms with Crippen molar-refractivity contribution in [2.24, 2.45) is 5.84 Å². The molecule has 0 aromatic heterocycles. The van der Waals surface area contributed by atoms with Crippen LogP contribution in [0.25, 0.3) is 0 Å². The predicted octanol–water partition coefficient (Wildman–Crippen LogP) is 3.25. The third-order valence-electron chi connectivity index (χ3n) is 2.26. The molecular formula is C10H12BrClF2N2. The first kappa shape index (κ1) is 13.8. The molecule has 0 fully saturated rings. The summed E-state index contributed by atoms with van der Waals surface area (Å²) < 4.78 is 27.4. The van der Waals surface area contributed by atoms with Crippen molar-refractivity contribution in [3.8, 4) is 0 Å². The lowest BCUT2D eigenvalue weighted by Gasteiger charge is -2.17. The topological polar surface area (TPSA) is 38.0 Å². The number of halogens is 4. The zero-order valence-corrected chi connectivity index (χ0v) is 10.8. The zero-order chi connectivity index (χ0) is 12.1. The van der Waals surface area contributed by atoms with E-state index in [-0.39, 0.29) is 10.0 Å². The largest absolute Gasteiger partial charge is 0.271 e. The highest BCUT2D eigenvalue weighted by molar-refractivity contribution is 9.10. The Bertz CT molecular complexity index is 363. The van der Waals surface area contributed by atoms with Gasteiger partial charge in [0.2, 0.25) is 0 Å². The molecule has 1 aromatic rings. The molecule has 0 spiro atoms. The lowest BCUT2D eigenvalue weighted by Crippen LogP contribution is -2.29. The Balaban J connectivity index is 3.03. The summed E-state index contributed by atoms with van der Waals surface area (Å²) >= 11 is 8.55. The van der Waals surface area contributed by atoms with Gasteiger partial charge in [0.15, 0.2) is 0 Å². The van der Waals surface area contributed by atoms with Crippen LogP contribution in [-0.4, -0.2) is 5.88 Å². The minimum atomic E-state index is -0.627. The van der Waals surface area contributed by atoms with Crippen molar-refractivity contribution in [3.05, 3.63) is 33.8 Å². The van der Waals surface area contributed by atoms with Gasteiger partial charge in [0, 0.05) is 11.4 Å². The smallest absolute Gasteiger partial charge is 0.145 e. The number of rotatable bonds is 5. The number of nitrogens with one attached hydrogen (secondary N) is 1. The highest BCUT2D eigenvalue weighted by atomic mass is 79.9. The van der Waals surface area contributed by atoms with E-state index < -0.39 is 17.7 Å². The van der Waals surface area contributed by atoms with Gasteiger partial charge in [-0.3, -0.25) is 11.3 Å². The number of alkyl halides is 1. The average molecular weight is 314 g/mol. The summed E-state index contributed by atoms with van der Waals surface area (Å²) in [4.78, 5) is 0. The molecule has 90 valence electrons. The number of benzene rings is 1. The number of hydrogen-bond donors (Lipinski definition) is 2. The van der Waals surface area contributed by atoms with E-state index in [1.54, 1.807) is 0 Å². The van der Waals surface area contributed by atoms with Crippen LogP contribution < -0.4 is 11.3 Å². The van der Waals surface area contributed by atoms with Gasteiger partial charge in [-0.15, -0.1) is 11.6 Å². The Morgan fingerprint density at radius 3 is 2.69 bits per heavy atom. The van der Waals surface area contributed by atoms with Gasteiger partial charge in [-0.05, 0) is 40.9 Å². The molecule has 1 atom stereocenters. The minimum Gasteiger partial charge on any atom is -0.271 e. The Labute approximate surface area is 106 Å². The summed E-state index contributed by atoms with van der Waals surface area (Å²) in [5, 5.41) is 0. The maximum absolute atomic E-state index is 13.7. The molecule has 0 aliphatic carbocycles. The van der Waals surface area contributed by atoms with Crippen LogP contribution in [0.15, 0.2) is 16.6 Å². The van der Waals surface area contributed by atoms with Gasteiger partial charge in [0.25, 0.3) is 0 Å². The fourth-order valence-corrected chi connectivity index (χ4v) is 1.95. The molecule has 1 rings (SSSR count). The van der Waals surface area contributed by atoms with Crippen molar-refractivity contribution in [1.29, 1.82) is 0 Å². The number of hydrogen-bond acceptors (Lipinski definition) is 2. The first-order chi connectivity index (χ1) is 7.61. The maximum atomic E-state index is 13.7. The highest BCUT2D eigenvalue weighted by Crippen LogP contribution is 2.28. The fourth-order valence-electron chi connectivity index (χ4n) is 1.45. The zero-order valence-electron chi connectivity index (χ0n) is 8.44. The first-order valence-corrected chi connectivity index (χ1v) is 6.10. The Morgan fingerprint density at radius 2 is 2.12 bits per heavy atom. The van der Waals surface area contributed by atoms with E-state index in [0.29, 0.717) is 18.7 Å². The summed E-state index contributed by atoms with van der Waals surface area (Å²) in [5.74, 6) is 4.48. The molecule has 1 unspecified atom stereocenters. The van der Waals surface area contributed by atoms with Crippen LogP contribution in [-0.2, 0) is 0 Å². The molecule has 1 aromatic carbocycles. The van der Waals surface area contributed by atoms with Gasteiger partial charge < -0.3 is 0 Å². The Hall–Kier alpha value is -0.230. The van der Waals surface area contributed by atoms with Gasteiger partial charge in [-0.25, -0.2) is 8.78 Å². The van der Waals surface area contributed by atoms with E-state index >= 15 is 0 Å². The van der Waals surface area contributed by atoms with Crippen LogP contribution in [0.5, 0.6) is 0 Å². The molecule has 0 amide bonds. The van der Waals surface area contributed by atoms with Gasteiger partial charge in [0.05, 0.1) is 10.5 Å². The van der Waals surface area contributed by atoms with Gasteiger partial charge >= 0.3 is 0 Å². The van der Waals surface area contributed by atoms with Crippen LogP contribution in [0.4, 0.5) is 8.78 Å². The van der Waals surface area contributed by atoms with Gasteiger partial charge in [0.1, 0.15) is 11.6 Å². The normalized spacial score (nSPS) is 12.8. The Kier molecular flexibility index (Phi) is 5.61. The van der Waals surface area contributed by atoms with Crippen LogP contribution in [0.1, 0.15) is 24.4 Å². The van der Waals surface area contributed by atoms with E-state index in [0.717, 1.165) is 0 Å². The first-order valence-electron chi connectivity index (χ1n) is 4.77. The average Bonchev–Trinajstić information content (AvgIpc) is 2.28. The molecule has 2 nitrogen and oxygen atoms in total. The van der Waals surface area contributed by atoms with Crippen LogP contribution >= 0.6 is 27.5 Å². The quantitative estimate of drug-likeness (QED) is 0.379. The molecular weight excluding hydrogens is 301 g/mol. The molecule has 16 heavy (non-hydrogen) atoms. The summed E-state index contributed by atoms with van der Waals surface area (Å²) in [6, 6.07) is 1.95. The van der Waals surface area contributed by atoms with E-state index in [1.165, 1.54) is 12.1 Å². The molecule has 0 heterocycles. The molecule has 0 aliphatic heterocycles. The lowest BCUT2D eigenvalue weighted by atomic mass is 10.0. The van der Waals surface area contributed by atoms with E-state index in [4.69, 9.17) is 17.4 Å². The summed E-state index contributed by atoms with van der Waals surface area (Å²) in [7, 11) is 0. The van der Waals surface area contributed by atoms with Crippen molar-refractivity contribution in [2.75, 3.05) is 5.88 Å². The molecule has 0 saturated carbocycles. The summed E-state index contributed by atoms with van der Waals surface area (Å²) in [6.07, 6.45) is 1.10. The second-order valence-corrected chi connectivity index (χ2v) is 4.54. The summed E-state index contributed by atoms with van der Waals surface area (Å²) in [6.45, 7) is 0. The van der Waals surface area contributed by atoms with Crippen molar-refractivity contribution >= 4 is 27.5 Å². The molecule has 0 radical (unpaired) electrons. The molecule has 0 aliphatic rings. The van der Waals surface area contributed by atoms with E-state index in [2.05, 4.69) is 21.4 Å². The molecule has 6 heteroatoms. The van der Waals surface area contributed by atoms with Crippen LogP contribution in [0.3, 0.4) is 0 Å². The number of hydrazine groups is 1. The molecule has 0 saturated heterocycles. The van der Waals surface area contributed by atoms with Crippen molar-refractivity contribution in [3.63, 3.8) is 0 Å². The predicted molar refractivity (Wildman–Crippen MR) is 64.1 cm³/mol. The van der Waals surface area contributed by atoms with Gasteiger partial charge in [-0.1, -0.05) is 0 Å². The summed E-state index contributed by atoms with van der Waals surface area (Å²) in [5.41, 5.74) is 2.35. The second kappa shape index (κ2) is 6.49.